The summed E-state index contributed by atoms with van der Waals surface area (Å²) in [7, 11) is 1.55. The van der Waals surface area contributed by atoms with Gasteiger partial charge in [0, 0.05) is 11.3 Å². The number of halogens is 1. The topological polar surface area (TPSA) is 66.8 Å². The van der Waals surface area contributed by atoms with E-state index in [4.69, 9.17) is 4.74 Å². The van der Waals surface area contributed by atoms with E-state index in [9.17, 15) is 14.7 Å². The number of ether oxygens (including phenoxy) is 1. The maximum Gasteiger partial charge on any atom is 0.300 e. The highest BCUT2D eigenvalue weighted by Gasteiger charge is 2.46. The number of amides is 1. The molecule has 3 aromatic carbocycles. The zero-order valence-corrected chi connectivity index (χ0v) is 19.3. The minimum atomic E-state index is -0.746. The summed E-state index contributed by atoms with van der Waals surface area (Å²) in [6, 6.07) is 21.1. The van der Waals surface area contributed by atoms with Crippen molar-refractivity contribution in [3.05, 3.63) is 99.5 Å². The summed E-state index contributed by atoms with van der Waals surface area (Å²) in [5, 5.41) is 11.2. The molecule has 1 aliphatic rings. The first-order chi connectivity index (χ1) is 15.5. The van der Waals surface area contributed by atoms with Crippen LogP contribution in [0.2, 0.25) is 0 Å². The number of nitrogens with zero attached hydrogens (tertiary/aromatic N) is 1. The van der Waals surface area contributed by atoms with Crippen LogP contribution in [0.15, 0.2) is 82.8 Å². The highest BCUT2D eigenvalue weighted by molar-refractivity contribution is 9.10. The molecule has 32 heavy (non-hydrogen) atoms. The van der Waals surface area contributed by atoms with E-state index in [2.05, 4.69) is 22.9 Å². The predicted octanol–water partition coefficient (Wildman–Crippen LogP) is 5.65. The summed E-state index contributed by atoms with van der Waals surface area (Å²) < 4.78 is 5.89. The van der Waals surface area contributed by atoms with Crippen molar-refractivity contribution in [3.8, 4) is 5.75 Å². The van der Waals surface area contributed by atoms with Crippen molar-refractivity contribution < 1.29 is 19.4 Å². The summed E-state index contributed by atoms with van der Waals surface area (Å²) in [5.74, 6) is -1.02. The quantitative estimate of drug-likeness (QED) is 0.284. The van der Waals surface area contributed by atoms with Crippen LogP contribution < -0.4 is 9.64 Å². The lowest BCUT2D eigenvalue weighted by Gasteiger charge is -2.25. The van der Waals surface area contributed by atoms with Crippen LogP contribution in [-0.4, -0.2) is 23.9 Å². The van der Waals surface area contributed by atoms with Crippen LogP contribution in [0.1, 0.15) is 29.7 Å². The van der Waals surface area contributed by atoms with Gasteiger partial charge in [0.25, 0.3) is 11.7 Å². The number of carbonyl (C=O) groups excluding carboxylic acids is 2. The highest BCUT2D eigenvalue weighted by Crippen LogP contribution is 2.42. The predicted molar refractivity (Wildman–Crippen MR) is 128 cm³/mol. The fourth-order valence-corrected chi connectivity index (χ4v) is 4.45. The van der Waals surface area contributed by atoms with Crippen LogP contribution in [0.25, 0.3) is 5.76 Å². The summed E-state index contributed by atoms with van der Waals surface area (Å²) in [5.41, 5.74) is 2.96. The number of benzene rings is 3. The number of methoxy groups -OCH3 is 1. The molecule has 0 aliphatic carbocycles. The number of Topliss-reactive ketones (excluding diaryl/α,β-unsaturated/α-hetero) is 1. The molecule has 1 aliphatic heterocycles. The lowest BCUT2D eigenvalue weighted by molar-refractivity contribution is -0.132. The number of hydrogen-bond donors (Lipinski definition) is 1. The van der Waals surface area contributed by atoms with E-state index in [1.165, 1.54) is 4.90 Å². The Morgan fingerprint density at radius 2 is 1.72 bits per heavy atom. The summed E-state index contributed by atoms with van der Waals surface area (Å²) in [6.45, 7) is 2.06. The third kappa shape index (κ3) is 3.82. The number of rotatable bonds is 5. The lowest BCUT2D eigenvalue weighted by Crippen LogP contribution is -2.29. The van der Waals surface area contributed by atoms with Gasteiger partial charge in [0.15, 0.2) is 0 Å². The monoisotopic (exact) mass is 491 g/mol. The molecular formula is C26H22BrNO4. The minimum Gasteiger partial charge on any atom is -0.507 e. The van der Waals surface area contributed by atoms with Gasteiger partial charge in [0.2, 0.25) is 0 Å². The Hall–Kier alpha value is -3.38. The molecule has 5 nitrogen and oxygen atoms in total. The molecule has 1 unspecified atom stereocenters. The van der Waals surface area contributed by atoms with Crippen LogP contribution in [-0.2, 0) is 16.0 Å². The van der Waals surface area contributed by atoms with Gasteiger partial charge < -0.3 is 9.84 Å². The first kappa shape index (κ1) is 21.8. The molecule has 0 radical (unpaired) electrons. The van der Waals surface area contributed by atoms with E-state index in [0.29, 0.717) is 21.5 Å². The minimum absolute atomic E-state index is 0.0557. The number of aliphatic hydroxyl groups excluding tert-OH is 1. The van der Waals surface area contributed by atoms with E-state index < -0.39 is 17.7 Å². The van der Waals surface area contributed by atoms with Crippen LogP contribution >= 0.6 is 15.9 Å². The van der Waals surface area contributed by atoms with Crippen LogP contribution in [0.3, 0.4) is 0 Å². The average molecular weight is 492 g/mol. The number of para-hydroxylation sites is 1. The van der Waals surface area contributed by atoms with Crippen molar-refractivity contribution in [2.75, 3.05) is 12.0 Å². The molecule has 6 heteroatoms. The molecule has 1 atom stereocenters. The first-order valence-corrected chi connectivity index (χ1v) is 11.0. The van der Waals surface area contributed by atoms with Gasteiger partial charge in [-0.2, -0.15) is 0 Å². The van der Waals surface area contributed by atoms with Crippen LogP contribution in [0.4, 0.5) is 5.69 Å². The van der Waals surface area contributed by atoms with Crippen molar-refractivity contribution >= 4 is 39.1 Å². The van der Waals surface area contributed by atoms with Crippen molar-refractivity contribution in [2.24, 2.45) is 0 Å². The molecule has 1 saturated heterocycles. The number of hydrogen-bond acceptors (Lipinski definition) is 4. The zero-order valence-electron chi connectivity index (χ0n) is 17.7. The summed E-state index contributed by atoms with van der Waals surface area (Å²) in [6.07, 6.45) is 0.874. The van der Waals surface area contributed by atoms with Gasteiger partial charge in [-0.3, -0.25) is 14.5 Å². The number of anilines is 1. The molecule has 4 rings (SSSR count). The highest BCUT2D eigenvalue weighted by atomic mass is 79.9. The fraction of sp³-hybridized carbons (Fsp3) is 0.154. The average Bonchev–Trinajstić information content (AvgIpc) is 3.09. The van der Waals surface area contributed by atoms with Crippen molar-refractivity contribution in [3.63, 3.8) is 0 Å². The first-order valence-electron chi connectivity index (χ1n) is 10.2. The molecular weight excluding hydrogens is 470 g/mol. The maximum atomic E-state index is 13.2. The summed E-state index contributed by atoms with van der Waals surface area (Å²) in [4.78, 5) is 27.8. The van der Waals surface area contributed by atoms with E-state index in [-0.39, 0.29) is 11.3 Å². The fourth-order valence-electron chi connectivity index (χ4n) is 3.91. The third-order valence-electron chi connectivity index (χ3n) is 5.61. The molecule has 1 amide bonds. The largest absolute Gasteiger partial charge is 0.507 e. The second-order valence-corrected chi connectivity index (χ2v) is 8.30. The number of aliphatic hydroxyl groups is 1. The van der Waals surface area contributed by atoms with Gasteiger partial charge in [-0.25, -0.2) is 0 Å². The van der Waals surface area contributed by atoms with Gasteiger partial charge in [-0.05, 0) is 63.8 Å². The molecule has 0 saturated carbocycles. The Bertz CT molecular complexity index is 1200. The smallest absolute Gasteiger partial charge is 0.300 e. The standard InChI is InChI=1S/C26H22BrNO4/c1-3-16-9-11-17(12-10-16)23-22(24(29)18-13-14-21(32-2)20(27)15-18)25(30)26(31)28(23)19-7-5-4-6-8-19/h4-15,23,29H,3H2,1-2H3/b24-22-. The van der Waals surface area contributed by atoms with E-state index in [0.717, 1.165) is 17.5 Å². The van der Waals surface area contributed by atoms with Gasteiger partial charge >= 0.3 is 0 Å². The van der Waals surface area contributed by atoms with E-state index >= 15 is 0 Å². The molecule has 1 N–H and O–H groups in total. The van der Waals surface area contributed by atoms with Crippen molar-refractivity contribution in [1.82, 2.24) is 0 Å². The summed E-state index contributed by atoms with van der Waals surface area (Å²) >= 11 is 3.41. The van der Waals surface area contributed by atoms with Gasteiger partial charge in [-0.15, -0.1) is 0 Å². The Morgan fingerprint density at radius 3 is 2.31 bits per heavy atom. The molecule has 1 heterocycles. The van der Waals surface area contributed by atoms with Crippen LogP contribution in [0.5, 0.6) is 5.75 Å². The Balaban J connectivity index is 1.92. The molecule has 3 aromatic rings. The maximum absolute atomic E-state index is 13.2. The number of ketones is 1. The number of carbonyl (C=O) groups is 2. The molecule has 0 aromatic heterocycles. The number of aryl methyl sites for hydroxylation is 1. The second kappa shape index (κ2) is 9.01. The van der Waals surface area contributed by atoms with Gasteiger partial charge in [-0.1, -0.05) is 49.4 Å². The van der Waals surface area contributed by atoms with E-state index in [1.54, 1.807) is 37.4 Å². The second-order valence-electron chi connectivity index (χ2n) is 7.45. The molecule has 1 fully saturated rings. The Morgan fingerprint density at radius 1 is 1.03 bits per heavy atom. The van der Waals surface area contributed by atoms with Crippen LogP contribution in [0, 0.1) is 0 Å². The van der Waals surface area contributed by atoms with Crippen molar-refractivity contribution in [1.29, 1.82) is 0 Å². The molecule has 0 bridgehead atoms. The third-order valence-corrected chi connectivity index (χ3v) is 6.23. The van der Waals surface area contributed by atoms with Gasteiger partial charge in [0.1, 0.15) is 11.5 Å². The normalized spacial score (nSPS) is 17.6. The van der Waals surface area contributed by atoms with Crippen molar-refractivity contribution in [2.45, 2.75) is 19.4 Å². The molecule has 162 valence electrons. The van der Waals surface area contributed by atoms with Gasteiger partial charge in [0.05, 0.1) is 23.2 Å². The zero-order chi connectivity index (χ0) is 22.8. The Kier molecular flexibility index (Phi) is 6.15. The van der Waals surface area contributed by atoms with E-state index in [1.807, 2.05) is 42.5 Å². The molecule has 0 spiro atoms. The SMILES string of the molecule is CCc1ccc(C2/C(=C(/O)c3ccc(OC)c(Br)c3)C(=O)C(=O)N2c2ccccc2)cc1. The lowest BCUT2D eigenvalue weighted by atomic mass is 9.94. The Labute approximate surface area is 195 Å².